The Morgan fingerprint density at radius 2 is 1.81 bits per heavy atom. The summed E-state index contributed by atoms with van der Waals surface area (Å²) in [6.07, 6.45) is 2.44. The third-order valence-corrected chi connectivity index (χ3v) is 4.76. The molecule has 0 N–H and O–H groups in total. The van der Waals surface area contributed by atoms with Crippen LogP contribution in [0.25, 0.3) is 0 Å². The molecule has 2 rings (SSSR count). The van der Waals surface area contributed by atoms with Crippen molar-refractivity contribution in [3.63, 3.8) is 0 Å². The molecule has 0 heterocycles. The molecule has 0 amide bonds. The first kappa shape index (κ1) is 11.7. The summed E-state index contributed by atoms with van der Waals surface area (Å²) >= 11 is 0. The van der Waals surface area contributed by atoms with E-state index in [9.17, 15) is 0 Å². The highest BCUT2D eigenvalue weighted by Crippen LogP contribution is 2.49. The monoisotopic (exact) mass is 216 g/mol. The number of aryl methyl sites for hydroxylation is 1. The largest absolute Gasteiger partial charge is 0.0648 e. The van der Waals surface area contributed by atoms with Gasteiger partial charge < -0.3 is 0 Å². The maximum atomic E-state index is 2.42. The van der Waals surface area contributed by atoms with Crippen LogP contribution < -0.4 is 0 Å². The summed E-state index contributed by atoms with van der Waals surface area (Å²) in [5, 5.41) is 0. The van der Waals surface area contributed by atoms with Crippen LogP contribution in [0.2, 0.25) is 0 Å². The van der Waals surface area contributed by atoms with E-state index in [0.717, 1.165) is 24.2 Å². The molecule has 0 spiro atoms. The van der Waals surface area contributed by atoms with Crippen molar-refractivity contribution in [1.82, 2.24) is 0 Å². The van der Waals surface area contributed by atoms with Gasteiger partial charge in [0.15, 0.2) is 0 Å². The van der Waals surface area contributed by atoms with E-state index in [4.69, 9.17) is 0 Å². The molecule has 0 saturated heterocycles. The molecule has 0 heteroatoms. The lowest BCUT2D eigenvalue weighted by Gasteiger charge is -2.16. The van der Waals surface area contributed by atoms with Gasteiger partial charge in [0.2, 0.25) is 0 Å². The molecule has 0 aromatic heterocycles. The van der Waals surface area contributed by atoms with E-state index in [2.05, 4.69) is 46.8 Å². The van der Waals surface area contributed by atoms with Gasteiger partial charge in [-0.15, -0.1) is 0 Å². The van der Waals surface area contributed by atoms with Crippen molar-refractivity contribution in [2.24, 2.45) is 5.92 Å². The second-order valence-corrected chi connectivity index (χ2v) is 5.37. The van der Waals surface area contributed by atoms with Gasteiger partial charge in [-0.25, -0.2) is 0 Å². The molecule has 0 aliphatic heterocycles. The van der Waals surface area contributed by atoms with Crippen molar-refractivity contribution in [3.05, 3.63) is 34.4 Å². The minimum Gasteiger partial charge on any atom is -0.0648 e. The number of hydrogen-bond acceptors (Lipinski definition) is 0. The van der Waals surface area contributed by atoms with Gasteiger partial charge in [-0.2, -0.15) is 0 Å². The first-order valence-electron chi connectivity index (χ1n) is 6.74. The Hall–Kier alpha value is -0.780. The van der Waals surface area contributed by atoms with E-state index < -0.39 is 0 Å². The summed E-state index contributed by atoms with van der Waals surface area (Å²) in [4.78, 5) is 0. The third kappa shape index (κ3) is 1.50. The van der Waals surface area contributed by atoms with E-state index in [1.807, 2.05) is 0 Å². The Kier molecular flexibility index (Phi) is 3.10. The average molecular weight is 216 g/mol. The summed E-state index contributed by atoms with van der Waals surface area (Å²) in [6.45, 7) is 11.7. The Bertz CT molecular complexity index is 389. The van der Waals surface area contributed by atoms with Crippen LogP contribution in [-0.4, -0.2) is 0 Å². The smallest absolute Gasteiger partial charge is 0.0130 e. The summed E-state index contributed by atoms with van der Waals surface area (Å²) in [5.41, 5.74) is 6.40. The molecule has 1 aliphatic carbocycles. The SMILES string of the molecule is CCc1ccc2c(c1C)C(C)C(C)C2CC. The zero-order valence-electron chi connectivity index (χ0n) is 11.3. The normalized spacial score (nSPS) is 28.2. The predicted molar refractivity (Wildman–Crippen MR) is 71.2 cm³/mol. The molecule has 1 aliphatic rings. The maximum absolute atomic E-state index is 2.42. The molecule has 0 nitrogen and oxygen atoms in total. The van der Waals surface area contributed by atoms with Crippen molar-refractivity contribution in [3.8, 4) is 0 Å². The lowest BCUT2D eigenvalue weighted by Crippen LogP contribution is -2.04. The van der Waals surface area contributed by atoms with E-state index >= 15 is 0 Å². The van der Waals surface area contributed by atoms with Gasteiger partial charge >= 0.3 is 0 Å². The van der Waals surface area contributed by atoms with Gasteiger partial charge in [0, 0.05) is 0 Å². The lowest BCUT2D eigenvalue weighted by molar-refractivity contribution is 0.432. The molecule has 1 aromatic rings. The molecule has 0 fully saturated rings. The lowest BCUT2D eigenvalue weighted by atomic mass is 9.88. The summed E-state index contributed by atoms with van der Waals surface area (Å²) < 4.78 is 0. The van der Waals surface area contributed by atoms with E-state index in [0.29, 0.717) is 0 Å². The molecule has 1 aromatic carbocycles. The molecule has 3 atom stereocenters. The topological polar surface area (TPSA) is 0 Å². The number of fused-ring (bicyclic) bond motifs is 1. The molecule has 16 heavy (non-hydrogen) atoms. The van der Waals surface area contributed by atoms with Gasteiger partial charge in [0.05, 0.1) is 0 Å². The van der Waals surface area contributed by atoms with Crippen LogP contribution in [0.5, 0.6) is 0 Å². The second-order valence-electron chi connectivity index (χ2n) is 5.37. The first-order chi connectivity index (χ1) is 7.61. The van der Waals surface area contributed by atoms with Gasteiger partial charge in [-0.3, -0.25) is 0 Å². The molecule has 3 unspecified atom stereocenters. The number of hydrogen-bond donors (Lipinski definition) is 0. The molecular formula is C16H24. The quantitative estimate of drug-likeness (QED) is 0.666. The molecule has 0 saturated carbocycles. The van der Waals surface area contributed by atoms with Crippen molar-refractivity contribution in [1.29, 1.82) is 0 Å². The van der Waals surface area contributed by atoms with Crippen molar-refractivity contribution < 1.29 is 0 Å². The minimum atomic E-state index is 0.742. The molecule has 88 valence electrons. The van der Waals surface area contributed by atoms with Crippen LogP contribution in [0.3, 0.4) is 0 Å². The molecular weight excluding hydrogens is 192 g/mol. The summed E-state index contributed by atoms with van der Waals surface area (Å²) in [5.74, 6) is 2.34. The number of benzene rings is 1. The average Bonchev–Trinajstić information content (AvgIpc) is 2.53. The highest BCUT2D eigenvalue weighted by molar-refractivity contribution is 5.48. The van der Waals surface area contributed by atoms with E-state index in [1.54, 1.807) is 16.7 Å². The Morgan fingerprint density at radius 3 is 2.38 bits per heavy atom. The van der Waals surface area contributed by atoms with Crippen molar-refractivity contribution in [2.75, 3.05) is 0 Å². The van der Waals surface area contributed by atoms with Gasteiger partial charge in [0.1, 0.15) is 0 Å². The van der Waals surface area contributed by atoms with Gasteiger partial charge in [0.25, 0.3) is 0 Å². The number of rotatable bonds is 2. The molecule has 0 bridgehead atoms. The van der Waals surface area contributed by atoms with E-state index in [-0.39, 0.29) is 0 Å². The predicted octanol–water partition coefficient (Wildman–Crippen LogP) is 4.80. The summed E-state index contributed by atoms with van der Waals surface area (Å²) in [7, 11) is 0. The van der Waals surface area contributed by atoms with Crippen LogP contribution >= 0.6 is 0 Å². The minimum absolute atomic E-state index is 0.742. The summed E-state index contributed by atoms with van der Waals surface area (Å²) in [6, 6.07) is 4.75. The van der Waals surface area contributed by atoms with Crippen LogP contribution in [0.1, 0.15) is 68.2 Å². The van der Waals surface area contributed by atoms with Crippen LogP contribution in [0, 0.1) is 12.8 Å². The fourth-order valence-corrected chi connectivity index (χ4v) is 3.59. The maximum Gasteiger partial charge on any atom is -0.0130 e. The van der Waals surface area contributed by atoms with Gasteiger partial charge in [-0.1, -0.05) is 39.8 Å². The first-order valence-corrected chi connectivity index (χ1v) is 6.74. The zero-order valence-corrected chi connectivity index (χ0v) is 11.3. The Morgan fingerprint density at radius 1 is 1.12 bits per heavy atom. The third-order valence-electron chi connectivity index (χ3n) is 4.76. The van der Waals surface area contributed by atoms with Crippen molar-refractivity contribution in [2.45, 2.75) is 59.3 Å². The fourth-order valence-electron chi connectivity index (χ4n) is 3.59. The van der Waals surface area contributed by atoms with E-state index in [1.165, 1.54) is 12.0 Å². The fraction of sp³-hybridized carbons (Fsp3) is 0.625. The highest BCUT2D eigenvalue weighted by Gasteiger charge is 2.35. The second kappa shape index (κ2) is 4.24. The van der Waals surface area contributed by atoms with Crippen molar-refractivity contribution >= 4 is 0 Å². The van der Waals surface area contributed by atoms with Crippen LogP contribution in [0.4, 0.5) is 0 Å². The van der Waals surface area contributed by atoms with Gasteiger partial charge in [-0.05, 0) is 59.8 Å². The standard InChI is InChI=1S/C16H24/c1-6-13-8-9-15-14(7-2)10(3)11(4)16(15)12(13)5/h8-11,14H,6-7H2,1-5H3. The van der Waals surface area contributed by atoms with Crippen LogP contribution in [-0.2, 0) is 6.42 Å². The Labute approximate surface area is 100 Å². The zero-order chi connectivity index (χ0) is 11.9. The Balaban J connectivity index is 2.57. The highest BCUT2D eigenvalue weighted by atomic mass is 14.4. The van der Waals surface area contributed by atoms with Crippen LogP contribution in [0.15, 0.2) is 12.1 Å². The molecule has 0 radical (unpaired) electrons.